The number of ether oxygens (including phenoxy) is 2. The fraction of sp³-hybridized carbons (Fsp3) is 0.150. The molecule has 27 heavy (non-hydrogen) atoms. The number of anilines is 1. The second kappa shape index (κ2) is 8.54. The van der Waals surface area contributed by atoms with Gasteiger partial charge in [-0.2, -0.15) is 5.26 Å². The van der Waals surface area contributed by atoms with Gasteiger partial charge in [-0.1, -0.05) is 6.07 Å². The summed E-state index contributed by atoms with van der Waals surface area (Å²) in [5.41, 5.74) is 1.43. The van der Waals surface area contributed by atoms with E-state index in [1.165, 1.54) is 44.6 Å². The molecule has 0 unspecified atom stereocenters. The summed E-state index contributed by atoms with van der Waals surface area (Å²) in [4.78, 5) is 23.4. The molecule has 0 spiro atoms. The lowest BCUT2D eigenvalue weighted by Gasteiger charge is -2.12. The summed E-state index contributed by atoms with van der Waals surface area (Å²) >= 11 is 0. The molecule has 1 amide bonds. The van der Waals surface area contributed by atoms with Crippen molar-refractivity contribution in [2.24, 2.45) is 0 Å². The smallest absolute Gasteiger partial charge is 0.335 e. The van der Waals surface area contributed by atoms with Crippen LogP contribution in [0.3, 0.4) is 0 Å². The minimum absolute atomic E-state index is 0.0303. The number of amides is 1. The van der Waals surface area contributed by atoms with Crippen LogP contribution >= 0.6 is 0 Å². The van der Waals surface area contributed by atoms with Gasteiger partial charge in [0.25, 0.3) is 5.91 Å². The molecule has 0 atom stereocenters. The van der Waals surface area contributed by atoms with Crippen molar-refractivity contribution >= 4 is 23.6 Å². The first-order valence-electron chi connectivity index (χ1n) is 7.89. The van der Waals surface area contributed by atoms with Crippen molar-refractivity contribution < 1.29 is 24.2 Å². The summed E-state index contributed by atoms with van der Waals surface area (Å²) in [7, 11) is 3.03. The van der Waals surface area contributed by atoms with Crippen molar-refractivity contribution in [2.45, 2.75) is 6.92 Å². The van der Waals surface area contributed by atoms with E-state index in [9.17, 15) is 14.9 Å². The zero-order valence-electron chi connectivity index (χ0n) is 15.1. The molecule has 0 radical (unpaired) electrons. The zero-order chi connectivity index (χ0) is 20.0. The molecule has 0 aliphatic carbocycles. The quantitative estimate of drug-likeness (QED) is 0.600. The Bertz CT molecular complexity index is 957. The summed E-state index contributed by atoms with van der Waals surface area (Å²) in [6, 6.07) is 11.0. The molecule has 0 bridgehead atoms. The first-order chi connectivity index (χ1) is 12.9. The molecule has 0 saturated heterocycles. The number of aromatic carboxylic acids is 1. The Morgan fingerprint density at radius 1 is 1.19 bits per heavy atom. The molecule has 7 heteroatoms. The van der Waals surface area contributed by atoms with Crippen molar-refractivity contribution in [3.63, 3.8) is 0 Å². The van der Waals surface area contributed by atoms with Crippen LogP contribution in [-0.2, 0) is 4.79 Å². The first-order valence-corrected chi connectivity index (χ1v) is 7.89. The number of nitrogens with zero attached hydrogens (tertiary/aromatic N) is 1. The van der Waals surface area contributed by atoms with Crippen molar-refractivity contribution in [3.8, 4) is 17.6 Å². The van der Waals surface area contributed by atoms with Crippen molar-refractivity contribution in [1.29, 1.82) is 5.26 Å². The summed E-state index contributed by atoms with van der Waals surface area (Å²) in [6.45, 7) is 1.80. The predicted octanol–water partition coefficient (Wildman–Crippen LogP) is 3.26. The molecule has 2 N–H and O–H groups in total. The van der Waals surface area contributed by atoms with E-state index in [4.69, 9.17) is 14.6 Å². The molecule has 2 aromatic carbocycles. The minimum Gasteiger partial charge on any atom is -0.496 e. The minimum atomic E-state index is -1.11. The van der Waals surface area contributed by atoms with E-state index in [2.05, 4.69) is 5.32 Å². The maximum absolute atomic E-state index is 12.4. The van der Waals surface area contributed by atoms with Crippen molar-refractivity contribution in [3.05, 3.63) is 58.7 Å². The highest BCUT2D eigenvalue weighted by Crippen LogP contribution is 2.32. The predicted molar refractivity (Wildman–Crippen MR) is 99.9 cm³/mol. The van der Waals surface area contributed by atoms with Crippen LogP contribution in [0.15, 0.2) is 42.0 Å². The SMILES string of the molecule is COc1ccc(/C=C(/C#N)C(=O)Nc2cccc(C(=O)O)c2)c(OC)c1C. The normalized spacial score (nSPS) is 10.7. The van der Waals surface area contributed by atoms with Crippen LogP contribution in [-0.4, -0.2) is 31.2 Å². The number of methoxy groups -OCH3 is 2. The topological polar surface area (TPSA) is 109 Å². The van der Waals surface area contributed by atoms with Gasteiger partial charge in [0.1, 0.15) is 23.1 Å². The van der Waals surface area contributed by atoms with Crippen LogP contribution in [0.25, 0.3) is 6.08 Å². The second-order valence-corrected chi connectivity index (χ2v) is 5.53. The van der Waals surface area contributed by atoms with Crippen LogP contribution in [0.4, 0.5) is 5.69 Å². The van der Waals surface area contributed by atoms with E-state index in [1.54, 1.807) is 19.1 Å². The number of nitriles is 1. The van der Waals surface area contributed by atoms with Crippen LogP contribution < -0.4 is 14.8 Å². The molecule has 0 fully saturated rings. The molecule has 0 aliphatic rings. The van der Waals surface area contributed by atoms with Gasteiger partial charge in [0.15, 0.2) is 0 Å². The van der Waals surface area contributed by atoms with Gasteiger partial charge >= 0.3 is 5.97 Å². The fourth-order valence-electron chi connectivity index (χ4n) is 2.53. The lowest BCUT2D eigenvalue weighted by Crippen LogP contribution is -2.14. The van der Waals surface area contributed by atoms with E-state index in [0.29, 0.717) is 17.1 Å². The van der Waals surface area contributed by atoms with Gasteiger partial charge in [0, 0.05) is 16.8 Å². The number of hydrogen-bond donors (Lipinski definition) is 2. The Morgan fingerprint density at radius 3 is 2.52 bits per heavy atom. The van der Waals surface area contributed by atoms with Gasteiger partial charge in [-0.05, 0) is 43.3 Å². The summed E-state index contributed by atoms with van der Waals surface area (Å²) < 4.78 is 10.6. The van der Waals surface area contributed by atoms with Gasteiger partial charge in [-0.3, -0.25) is 4.79 Å². The maximum Gasteiger partial charge on any atom is 0.335 e. The van der Waals surface area contributed by atoms with Gasteiger partial charge in [-0.25, -0.2) is 4.79 Å². The van der Waals surface area contributed by atoms with Crippen LogP contribution in [0, 0.1) is 18.3 Å². The average Bonchev–Trinajstić information content (AvgIpc) is 2.66. The number of carbonyl (C=O) groups excluding carboxylic acids is 1. The highest BCUT2D eigenvalue weighted by Gasteiger charge is 2.15. The Labute approximate surface area is 156 Å². The van der Waals surface area contributed by atoms with Crippen LogP contribution in [0.2, 0.25) is 0 Å². The number of carbonyl (C=O) groups is 2. The Balaban J connectivity index is 2.35. The number of benzene rings is 2. The number of hydrogen-bond acceptors (Lipinski definition) is 5. The van der Waals surface area contributed by atoms with Crippen molar-refractivity contribution in [1.82, 2.24) is 0 Å². The van der Waals surface area contributed by atoms with Gasteiger partial charge < -0.3 is 19.9 Å². The molecule has 2 rings (SSSR count). The molecule has 2 aromatic rings. The molecule has 0 saturated carbocycles. The fourth-order valence-corrected chi connectivity index (χ4v) is 2.53. The monoisotopic (exact) mass is 366 g/mol. The Hall–Kier alpha value is -3.79. The highest BCUT2D eigenvalue weighted by atomic mass is 16.5. The average molecular weight is 366 g/mol. The van der Waals surface area contributed by atoms with E-state index in [1.807, 2.05) is 6.07 Å². The number of carboxylic acids is 1. The molecule has 138 valence electrons. The third-order valence-corrected chi connectivity index (χ3v) is 3.84. The Morgan fingerprint density at radius 2 is 1.93 bits per heavy atom. The summed E-state index contributed by atoms with van der Waals surface area (Å²) in [5, 5.41) is 20.9. The largest absolute Gasteiger partial charge is 0.496 e. The summed E-state index contributed by atoms with van der Waals surface area (Å²) in [5.74, 6) is -0.656. The third-order valence-electron chi connectivity index (χ3n) is 3.84. The lowest BCUT2D eigenvalue weighted by molar-refractivity contribution is -0.112. The second-order valence-electron chi connectivity index (χ2n) is 5.53. The third kappa shape index (κ3) is 4.44. The van der Waals surface area contributed by atoms with Crippen LogP contribution in [0.1, 0.15) is 21.5 Å². The van der Waals surface area contributed by atoms with E-state index in [0.717, 1.165) is 5.56 Å². The number of nitrogens with one attached hydrogen (secondary N) is 1. The van der Waals surface area contributed by atoms with Crippen molar-refractivity contribution in [2.75, 3.05) is 19.5 Å². The lowest BCUT2D eigenvalue weighted by atomic mass is 10.1. The number of carboxylic acid groups (broad SMARTS) is 1. The van der Waals surface area contributed by atoms with Gasteiger partial charge in [0.05, 0.1) is 19.8 Å². The molecule has 0 aliphatic heterocycles. The molecular formula is C20H18N2O5. The highest BCUT2D eigenvalue weighted by molar-refractivity contribution is 6.10. The van der Waals surface area contributed by atoms with E-state index in [-0.39, 0.29) is 16.8 Å². The van der Waals surface area contributed by atoms with Crippen LogP contribution in [0.5, 0.6) is 11.5 Å². The van der Waals surface area contributed by atoms with E-state index < -0.39 is 11.9 Å². The molecule has 0 aromatic heterocycles. The molecule has 0 heterocycles. The van der Waals surface area contributed by atoms with E-state index >= 15 is 0 Å². The summed E-state index contributed by atoms with van der Waals surface area (Å²) in [6.07, 6.45) is 1.40. The standard InChI is InChI=1S/C20H18N2O5/c1-12-17(26-2)8-7-13(18(12)27-3)9-15(11-21)19(23)22-16-6-4-5-14(10-16)20(24)25/h4-10H,1-3H3,(H,22,23)(H,24,25)/b15-9-. The maximum atomic E-state index is 12.4. The van der Waals surface area contributed by atoms with Gasteiger partial charge in [-0.15, -0.1) is 0 Å². The molecule has 7 nitrogen and oxygen atoms in total. The molecular weight excluding hydrogens is 348 g/mol. The first kappa shape index (κ1) is 19.5. The van der Waals surface area contributed by atoms with Gasteiger partial charge in [0.2, 0.25) is 0 Å². The Kier molecular flexibility index (Phi) is 6.18. The zero-order valence-corrected chi connectivity index (χ0v) is 15.1. The number of rotatable bonds is 6.